The van der Waals surface area contributed by atoms with Gasteiger partial charge in [-0.3, -0.25) is 4.79 Å². The third-order valence-corrected chi connectivity index (χ3v) is 3.82. The summed E-state index contributed by atoms with van der Waals surface area (Å²) in [4.78, 5) is 15.6. The number of carbonyl (C=O) groups excluding carboxylic acids is 1. The fraction of sp³-hybridized carbons (Fsp3) is 0. The summed E-state index contributed by atoms with van der Waals surface area (Å²) in [7, 11) is 0. The SMILES string of the molecule is Nc1cc(C(=O)c2c[nH]c3cccc(Cl)c23)ccc1Cl. The van der Waals surface area contributed by atoms with Gasteiger partial charge in [0.2, 0.25) is 0 Å². The van der Waals surface area contributed by atoms with Gasteiger partial charge in [-0.2, -0.15) is 0 Å². The maximum absolute atomic E-state index is 12.6. The maximum Gasteiger partial charge on any atom is 0.195 e. The van der Waals surface area contributed by atoms with E-state index in [4.69, 9.17) is 28.9 Å². The molecule has 0 bridgehead atoms. The van der Waals surface area contributed by atoms with Crippen LogP contribution in [0.4, 0.5) is 5.69 Å². The molecule has 3 aromatic rings. The molecule has 0 unspecified atom stereocenters. The summed E-state index contributed by atoms with van der Waals surface area (Å²) >= 11 is 12.0. The van der Waals surface area contributed by atoms with Crippen LogP contribution in [0.15, 0.2) is 42.6 Å². The Hall–Kier alpha value is -1.97. The number of halogens is 2. The number of nitrogen functional groups attached to an aromatic ring is 1. The molecule has 3 nitrogen and oxygen atoms in total. The minimum Gasteiger partial charge on any atom is -0.398 e. The third-order valence-electron chi connectivity index (χ3n) is 3.16. The van der Waals surface area contributed by atoms with Crippen molar-refractivity contribution in [3.63, 3.8) is 0 Å². The van der Waals surface area contributed by atoms with E-state index in [2.05, 4.69) is 4.98 Å². The van der Waals surface area contributed by atoms with E-state index >= 15 is 0 Å². The summed E-state index contributed by atoms with van der Waals surface area (Å²) in [5.41, 5.74) is 7.94. The fourth-order valence-corrected chi connectivity index (χ4v) is 2.55. The lowest BCUT2D eigenvalue weighted by atomic mass is 10.0. The van der Waals surface area contributed by atoms with E-state index in [9.17, 15) is 4.79 Å². The van der Waals surface area contributed by atoms with E-state index in [0.29, 0.717) is 32.2 Å². The summed E-state index contributed by atoms with van der Waals surface area (Å²) in [6.45, 7) is 0. The molecule has 0 saturated heterocycles. The lowest BCUT2D eigenvalue weighted by molar-refractivity contribution is 0.104. The Morgan fingerprint density at radius 3 is 2.65 bits per heavy atom. The summed E-state index contributed by atoms with van der Waals surface area (Å²) in [6, 6.07) is 10.3. The molecule has 0 aliphatic heterocycles. The molecule has 1 aromatic heterocycles. The maximum atomic E-state index is 12.6. The van der Waals surface area contributed by atoms with Crippen LogP contribution >= 0.6 is 23.2 Å². The number of hydrogen-bond donors (Lipinski definition) is 2. The Balaban J connectivity index is 2.15. The molecule has 1 heterocycles. The van der Waals surface area contributed by atoms with E-state index in [1.807, 2.05) is 12.1 Å². The minimum absolute atomic E-state index is 0.146. The molecule has 0 aliphatic rings. The highest BCUT2D eigenvalue weighted by Crippen LogP contribution is 2.29. The molecule has 0 spiro atoms. The van der Waals surface area contributed by atoms with Gasteiger partial charge in [0.25, 0.3) is 0 Å². The van der Waals surface area contributed by atoms with Crippen LogP contribution in [0.2, 0.25) is 10.0 Å². The molecule has 3 N–H and O–H groups in total. The average Bonchev–Trinajstić information content (AvgIpc) is 2.86. The lowest BCUT2D eigenvalue weighted by Crippen LogP contribution is -2.01. The first-order valence-corrected chi connectivity index (χ1v) is 6.69. The van der Waals surface area contributed by atoms with Crippen LogP contribution in [0.1, 0.15) is 15.9 Å². The van der Waals surface area contributed by atoms with Crippen molar-refractivity contribution in [3.8, 4) is 0 Å². The van der Waals surface area contributed by atoms with Crippen molar-refractivity contribution in [2.45, 2.75) is 0 Å². The highest BCUT2D eigenvalue weighted by molar-refractivity contribution is 6.37. The van der Waals surface area contributed by atoms with E-state index in [-0.39, 0.29) is 5.78 Å². The van der Waals surface area contributed by atoms with Crippen LogP contribution in [0.25, 0.3) is 10.9 Å². The zero-order valence-corrected chi connectivity index (χ0v) is 11.8. The predicted molar refractivity (Wildman–Crippen MR) is 82.6 cm³/mol. The van der Waals surface area contributed by atoms with Crippen LogP contribution in [-0.4, -0.2) is 10.8 Å². The average molecular weight is 305 g/mol. The number of carbonyl (C=O) groups is 1. The first-order chi connectivity index (χ1) is 9.58. The highest BCUT2D eigenvalue weighted by Gasteiger charge is 2.16. The van der Waals surface area contributed by atoms with E-state index in [1.165, 1.54) is 0 Å². The fourth-order valence-electron chi connectivity index (χ4n) is 2.16. The van der Waals surface area contributed by atoms with Crippen molar-refractivity contribution < 1.29 is 4.79 Å². The van der Waals surface area contributed by atoms with Crippen LogP contribution < -0.4 is 5.73 Å². The van der Waals surface area contributed by atoms with Crippen LogP contribution in [0.3, 0.4) is 0 Å². The van der Waals surface area contributed by atoms with E-state index in [1.54, 1.807) is 30.5 Å². The molecule has 0 amide bonds. The number of H-pyrrole nitrogens is 1. The van der Waals surface area contributed by atoms with Crippen molar-refractivity contribution in [2.24, 2.45) is 0 Å². The van der Waals surface area contributed by atoms with E-state index < -0.39 is 0 Å². The van der Waals surface area contributed by atoms with Gasteiger partial charge in [-0.15, -0.1) is 0 Å². The molecule has 0 radical (unpaired) electrons. The molecule has 5 heteroatoms. The van der Waals surface area contributed by atoms with Crippen LogP contribution in [0, 0.1) is 0 Å². The monoisotopic (exact) mass is 304 g/mol. The summed E-state index contributed by atoms with van der Waals surface area (Å²) in [5.74, 6) is -0.146. The Kier molecular flexibility index (Phi) is 3.16. The Bertz CT molecular complexity index is 824. The molecule has 2 aromatic carbocycles. The Morgan fingerprint density at radius 1 is 1.10 bits per heavy atom. The van der Waals surface area contributed by atoms with Crippen molar-refractivity contribution >= 4 is 45.6 Å². The second kappa shape index (κ2) is 4.85. The number of nitrogens with one attached hydrogen (secondary N) is 1. The number of aromatic amines is 1. The molecule has 0 fully saturated rings. The van der Waals surface area contributed by atoms with Crippen LogP contribution in [0.5, 0.6) is 0 Å². The number of aromatic nitrogens is 1. The van der Waals surface area contributed by atoms with Gasteiger partial charge >= 0.3 is 0 Å². The largest absolute Gasteiger partial charge is 0.398 e. The molecule has 100 valence electrons. The van der Waals surface area contributed by atoms with Gasteiger partial charge in [0.1, 0.15) is 0 Å². The second-order valence-corrected chi connectivity index (χ2v) is 5.24. The number of hydrogen-bond acceptors (Lipinski definition) is 2. The zero-order chi connectivity index (χ0) is 14.3. The molecule has 3 rings (SSSR count). The predicted octanol–water partition coefficient (Wildman–Crippen LogP) is 4.29. The van der Waals surface area contributed by atoms with Crippen molar-refractivity contribution in [1.82, 2.24) is 4.98 Å². The molecular weight excluding hydrogens is 295 g/mol. The minimum atomic E-state index is -0.146. The number of fused-ring (bicyclic) bond motifs is 1. The lowest BCUT2D eigenvalue weighted by Gasteiger charge is -2.03. The highest BCUT2D eigenvalue weighted by atomic mass is 35.5. The summed E-state index contributed by atoms with van der Waals surface area (Å²) in [6.07, 6.45) is 1.66. The van der Waals surface area contributed by atoms with Gasteiger partial charge in [-0.05, 0) is 30.3 Å². The number of anilines is 1. The Morgan fingerprint density at radius 2 is 1.90 bits per heavy atom. The first kappa shape index (κ1) is 13.0. The van der Waals surface area contributed by atoms with Crippen molar-refractivity contribution in [1.29, 1.82) is 0 Å². The smallest absolute Gasteiger partial charge is 0.195 e. The number of rotatable bonds is 2. The number of benzene rings is 2. The second-order valence-electron chi connectivity index (χ2n) is 4.43. The summed E-state index contributed by atoms with van der Waals surface area (Å²) in [5, 5.41) is 1.68. The standard InChI is InChI=1S/C15H10Cl2N2O/c16-10-5-4-8(6-12(10)18)15(20)9-7-19-13-3-1-2-11(17)14(9)13/h1-7,19H,18H2. The molecule has 0 atom stereocenters. The number of nitrogens with two attached hydrogens (primary N) is 1. The third kappa shape index (κ3) is 2.05. The van der Waals surface area contributed by atoms with Gasteiger partial charge in [0, 0.05) is 28.2 Å². The van der Waals surface area contributed by atoms with Gasteiger partial charge < -0.3 is 10.7 Å². The molecule has 0 aliphatic carbocycles. The quantitative estimate of drug-likeness (QED) is 0.548. The zero-order valence-electron chi connectivity index (χ0n) is 10.3. The van der Waals surface area contributed by atoms with Gasteiger partial charge in [0.05, 0.1) is 15.7 Å². The molecule has 20 heavy (non-hydrogen) atoms. The first-order valence-electron chi connectivity index (χ1n) is 5.93. The van der Waals surface area contributed by atoms with Gasteiger partial charge in [-0.1, -0.05) is 29.3 Å². The van der Waals surface area contributed by atoms with E-state index in [0.717, 1.165) is 5.52 Å². The Labute approximate surface area is 125 Å². The van der Waals surface area contributed by atoms with Gasteiger partial charge in [0.15, 0.2) is 5.78 Å². The molecular formula is C15H10Cl2N2O. The number of ketones is 1. The van der Waals surface area contributed by atoms with Crippen LogP contribution in [-0.2, 0) is 0 Å². The van der Waals surface area contributed by atoms with Crippen molar-refractivity contribution in [3.05, 3.63) is 63.8 Å². The topological polar surface area (TPSA) is 58.9 Å². The summed E-state index contributed by atoms with van der Waals surface area (Å²) < 4.78 is 0. The van der Waals surface area contributed by atoms with Crippen molar-refractivity contribution in [2.75, 3.05) is 5.73 Å². The molecule has 0 saturated carbocycles. The normalized spacial score (nSPS) is 10.9. The van der Waals surface area contributed by atoms with Gasteiger partial charge in [-0.25, -0.2) is 0 Å².